The number of sulfonamides is 1. The lowest BCUT2D eigenvalue weighted by molar-refractivity contribution is 0.598. The number of nitrogens with zero attached hydrogens (tertiary/aromatic N) is 1. The molecule has 0 spiro atoms. The van der Waals surface area contributed by atoms with Crippen molar-refractivity contribution in [3.8, 4) is 6.07 Å². The molecule has 2 aromatic rings. The van der Waals surface area contributed by atoms with Gasteiger partial charge in [0.1, 0.15) is 4.90 Å². The van der Waals surface area contributed by atoms with Gasteiger partial charge >= 0.3 is 0 Å². The zero-order chi connectivity index (χ0) is 14.8. The standard InChI is InChI=1S/C13H12N4O2S/c14-8-9-2-1-3-11(6-9)17-12-5-4-10(15)7-13(12)20(16,18)19/h1-7,17H,15H2,(H2,16,18,19). The number of nitriles is 1. The highest BCUT2D eigenvalue weighted by molar-refractivity contribution is 7.89. The molecule has 7 heteroatoms. The molecule has 5 N–H and O–H groups in total. The van der Waals surface area contributed by atoms with Crippen LogP contribution in [0.3, 0.4) is 0 Å². The van der Waals surface area contributed by atoms with Crippen LogP contribution in [0.2, 0.25) is 0 Å². The van der Waals surface area contributed by atoms with E-state index in [-0.39, 0.29) is 4.90 Å². The summed E-state index contributed by atoms with van der Waals surface area (Å²) in [6.07, 6.45) is 0. The molecule has 0 heterocycles. The lowest BCUT2D eigenvalue weighted by atomic mass is 10.2. The molecule has 2 aromatic carbocycles. The summed E-state index contributed by atoms with van der Waals surface area (Å²) in [6, 6.07) is 13.0. The molecule has 0 unspecified atom stereocenters. The van der Waals surface area contributed by atoms with Crippen molar-refractivity contribution < 1.29 is 8.42 Å². The second-order valence-corrected chi connectivity index (χ2v) is 5.65. The molecule has 20 heavy (non-hydrogen) atoms. The molecule has 0 radical (unpaired) electrons. The van der Waals surface area contributed by atoms with Crippen LogP contribution in [0.1, 0.15) is 5.56 Å². The van der Waals surface area contributed by atoms with E-state index in [0.717, 1.165) is 0 Å². The Morgan fingerprint density at radius 3 is 2.55 bits per heavy atom. The van der Waals surface area contributed by atoms with Gasteiger partial charge in [-0.3, -0.25) is 0 Å². The number of nitrogens with two attached hydrogens (primary N) is 2. The highest BCUT2D eigenvalue weighted by atomic mass is 32.2. The Labute approximate surface area is 116 Å². The van der Waals surface area contributed by atoms with Crippen molar-refractivity contribution in [2.45, 2.75) is 4.90 Å². The Morgan fingerprint density at radius 1 is 1.15 bits per heavy atom. The number of nitrogens with one attached hydrogen (secondary N) is 1. The molecule has 6 nitrogen and oxygen atoms in total. The average molecular weight is 288 g/mol. The number of nitrogen functional groups attached to an aromatic ring is 1. The number of primary sulfonamides is 1. The first-order valence-electron chi connectivity index (χ1n) is 5.59. The largest absolute Gasteiger partial charge is 0.399 e. The Morgan fingerprint density at radius 2 is 1.90 bits per heavy atom. The molecule has 102 valence electrons. The number of hydrogen-bond acceptors (Lipinski definition) is 5. The fourth-order valence-corrected chi connectivity index (χ4v) is 2.43. The smallest absolute Gasteiger partial charge is 0.240 e. The predicted octanol–water partition coefficient (Wildman–Crippen LogP) is 1.53. The van der Waals surface area contributed by atoms with Crippen molar-refractivity contribution in [3.63, 3.8) is 0 Å². The van der Waals surface area contributed by atoms with Gasteiger partial charge in [0.05, 0.1) is 17.3 Å². The van der Waals surface area contributed by atoms with Gasteiger partial charge in [-0.05, 0) is 36.4 Å². The third kappa shape index (κ3) is 3.06. The Hall–Kier alpha value is -2.56. The minimum absolute atomic E-state index is 0.0974. The van der Waals surface area contributed by atoms with E-state index in [1.807, 2.05) is 6.07 Å². The van der Waals surface area contributed by atoms with Crippen molar-refractivity contribution in [1.82, 2.24) is 0 Å². The van der Waals surface area contributed by atoms with E-state index in [1.165, 1.54) is 12.1 Å². The minimum Gasteiger partial charge on any atom is -0.399 e. The molecule has 0 saturated carbocycles. The molecular weight excluding hydrogens is 276 g/mol. The maximum atomic E-state index is 11.5. The molecule has 0 aliphatic rings. The van der Waals surface area contributed by atoms with Gasteiger partial charge in [0, 0.05) is 11.4 Å². The predicted molar refractivity (Wildman–Crippen MR) is 76.7 cm³/mol. The van der Waals surface area contributed by atoms with Crippen LogP contribution in [0.4, 0.5) is 17.1 Å². The van der Waals surface area contributed by atoms with E-state index in [2.05, 4.69) is 5.32 Å². The summed E-state index contributed by atoms with van der Waals surface area (Å²) in [5, 5.41) is 16.9. The van der Waals surface area contributed by atoms with Crippen LogP contribution in [0, 0.1) is 11.3 Å². The first-order valence-corrected chi connectivity index (χ1v) is 7.14. The van der Waals surface area contributed by atoms with Gasteiger partial charge in [0.25, 0.3) is 0 Å². The zero-order valence-corrected chi connectivity index (χ0v) is 11.2. The fourth-order valence-electron chi connectivity index (χ4n) is 1.70. The average Bonchev–Trinajstić information content (AvgIpc) is 2.40. The van der Waals surface area contributed by atoms with E-state index in [1.54, 1.807) is 30.3 Å². The lowest BCUT2D eigenvalue weighted by Crippen LogP contribution is -2.14. The van der Waals surface area contributed by atoms with E-state index < -0.39 is 10.0 Å². The van der Waals surface area contributed by atoms with Crippen LogP contribution in [-0.4, -0.2) is 8.42 Å². The number of rotatable bonds is 3. The first kappa shape index (κ1) is 13.9. The summed E-state index contributed by atoms with van der Waals surface area (Å²) in [4.78, 5) is -0.0974. The molecule has 0 aliphatic carbocycles. The highest BCUT2D eigenvalue weighted by Gasteiger charge is 2.14. The number of hydrogen-bond donors (Lipinski definition) is 3. The van der Waals surface area contributed by atoms with Crippen molar-refractivity contribution in [3.05, 3.63) is 48.0 Å². The maximum Gasteiger partial charge on any atom is 0.240 e. The van der Waals surface area contributed by atoms with Gasteiger partial charge in [0.2, 0.25) is 10.0 Å². The third-order valence-electron chi connectivity index (χ3n) is 2.58. The monoisotopic (exact) mass is 288 g/mol. The molecule has 2 rings (SSSR count). The van der Waals surface area contributed by atoms with E-state index in [9.17, 15) is 8.42 Å². The van der Waals surface area contributed by atoms with E-state index in [4.69, 9.17) is 16.1 Å². The second kappa shape index (κ2) is 5.21. The maximum absolute atomic E-state index is 11.5. The summed E-state index contributed by atoms with van der Waals surface area (Å²) >= 11 is 0. The van der Waals surface area contributed by atoms with E-state index in [0.29, 0.717) is 22.6 Å². The minimum atomic E-state index is -3.90. The van der Waals surface area contributed by atoms with Gasteiger partial charge in [-0.2, -0.15) is 5.26 Å². The van der Waals surface area contributed by atoms with Gasteiger partial charge in [-0.1, -0.05) is 6.07 Å². The summed E-state index contributed by atoms with van der Waals surface area (Å²) in [5.74, 6) is 0. The van der Waals surface area contributed by atoms with Crippen LogP contribution < -0.4 is 16.2 Å². The molecule has 0 bridgehead atoms. The number of anilines is 3. The molecular formula is C13H12N4O2S. The third-order valence-corrected chi connectivity index (χ3v) is 3.53. The van der Waals surface area contributed by atoms with Crippen molar-refractivity contribution in [1.29, 1.82) is 5.26 Å². The van der Waals surface area contributed by atoms with Gasteiger partial charge in [0.15, 0.2) is 0 Å². The summed E-state index contributed by atoms with van der Waals surface area (Å²) in [6.45, 7) is 0. The lowest BCUT2D eigenvalue weighted by Gasteiger charge is -2.11. The molecule has 0 saturated heterocycles. The molecule has 0 amide bonds. The second-order valence-electron chi connectivity index (χ2n) is 4.12. The molecule has 0 atom stereocenters. The van der Waals surface area contributed by atoms with E-state index >= 15 is 0 Å². The van der Waals surface area contributed by atoms with Crippen LogP contribution >= 0.6 is 0 Å². The summed E-state index contributed by atoms with van der Waals surface area (Å²) in [7, 11) is -3.90. The van der Waals surface area contributed by atoms with Gasteiger partial charge < -0.3 is 11.1 Å². The van der Waals surface area contributed by atoms with Gasteiger partial charge in [-0.25, -0.2) is 13.6 Å². The normalized spacial score (nSPS) is 10.8. The van der Waals surface area contributed by atoms with Crippen LogP contribution in [0.5, 0.6) is 0 Å². The summed E-state index contributed by atoms with van der Waals surface area (Å²) < 4.78 is 23.1. The summed E-state index contributed by atoms with van der Waals surface area (Å²) in [5.41, 5.74) is 7.21. The zero-order valence-electron chi connectivity index (χ0n) is 10.4. The highest BCUT2D eigenvalue weighted by Crippen LogP contribution is 2.26. The Bertz CT molecular complexity index is 794. The quantitative estimate of drug-likeness (QED) is 0.739. The van der Waals surface area contributed by atoms with Crippen LogP contribution in [-0.2, 0) is 10.0 Å². The Kier molecular flexibility index (Phi) is 3.61. The number of benzene rings is 2. The SMILES string of the molecule is N#Cc1cccc(Nc2ccc(N)cc2S(N)(=O)=O)c1. The van der Waals surface area contributed by atoms with Crippen LogP contribution in [0.15, 0.2) is 47.4 Å². The van der Waals surface area contributed by atoms with Crippen molar-refractivity contribution in [2.75, 3.05) is 11.1 Å². The Balaban J connectivity index is 2.46. The molecule has 0 fully saturated rings. The van der Waals surface area contributed by atoms with Crippen LogP contribution in [0.25, 0.3) is 0 Å². The molecule has 0 aliphatic heterocycles. The molecule has 0 aromatic heterocycles. The van der Waals surface area contributed by atoms with Crippen molar-refractivity contribution >= 4 is 27.1 Å². The topological polar surface area (TPSA) is 122 Å². The fraction of sp³-hybridized carbons (Fsp3) is 0. The first-order chi connectivity index (χ1) is 9.40. The van der Waals surface area contributed by atoms with Crippen molar-refractivity contribution in [2.24, 2.45) is 5.14 Å². The van der Waals surface area contributed by atoms with Gasteiger partial charge in [-0.15, -0.1) is 0 Å².